The Morgan fingerprint density at radius 2 is 1.75 bits per heavy atom. The van der Waals surface area contributed by atoms with Crippen LogP contribution in [0.4, 0.5) is 4.39 Å². The van der Waals surface area contributed by atoms with E-state index >= 15 is 0 Å². The topological polar surface area (TPSA) is 49.4 Å². The van der Waals surface area contributed by atoms with Crippen molar-refractivity contribution < 1.29 is 14.0 Å². The summed E-state index contributed by atoms with van der Waals surface area (Å²) in [6, 6.07) is 17.0. The van der Waals surface area contributed by atoms with Crippen molar-refractivity contribution in [3.05, 3.63) is 71.5 Å². The van der Waals surface area contributed by atoms with Gasteiger partial charge >= 0.3 is 0 Å². The molecule has 3 atom stereocenters. The first-order chi connectivity index (χ1) is 15.6. The van der Waals surface area contributed by atoms with Crippen molar-refractivity contribution in [2.45, 2.75) is 43.9 Å². The van der Waals surface area contributed by atoms with Crippen molar-refractivity contribution in [3.8, 4) is 0 Å². The standard InChI is InChI=1S/C27H31FN2O2/c28-21-10-8-20(9-11-21)24-18-29-26(32)27(24)12-15-30(16-13-27)14-4-7-25(31)23-17-22(23)19-5-2-1-3-6-19/h1-3,5-6,8-11,22-24H,4,7,12-18H2,(H,29,32)/t22-,23?,24+/m0/s1. The minimum Gasteiger partial charge on any atom is -0.355 e. The fraction of sp³-hybridized carbons (Fsp3) is 0.481. The van der Waals surface area contributed by atoms with E-state index in [4.69, 9.17) is 0 Å². The number of ketones is 1. The van der Waals surface area contributed by atoms with E-state index in [-0.39, 0.29) is 29.0 Å². The van der Waals surface area contributed by atoms with E-state index in [2.05, 4.69) is 22.3 Å². The highest BCUT2D eigenvalue weighted by Gasteiger charge is 2.51. The minimum atomic E-state index is -0.388. The molecular weight excluding hydrogens is 403 g/mol. The maximum absolute atomic E-state index is 13.4. The van der Waals surface area contributed by atoms with Gasteiger partial charge in [-0.3, -0.25) is 9.59 Å². The average molecular weight is 435 g/mol. The van der Waals surface area contributed by atoms with Gasteiger partial charge in [-0.15, -0.1) is 0 Å². The quantitative estimate of drug-likeness (QED) is 0.708. The predicted octanol–water partition coefficient (Wildman–Crippen LogP) is 4.27. The average Bonchev–Trinajstić information content (AvgIpc) is 3.57. The normalized spacial score (nSPS) is 26.8. The fourth-order valence-electron chi connectivity index (χ4n) is 5.89. The van der Waals surface area contributed by atoms with E-state index < -0.39 is 0 Å². The molecule has 1 spiro atoms. The molecule has 2 saturated heterocycles. The number of rotatable bonds is 7. The molecule has 2 aromatic carbocycles. The molecule has 1 aliphatic carbocycles. The summed E-state index contributed by atoms with van der Waals surface area (Å²) in [6.45, 7) is 3.28. The number of halogens is 1. The molecule has 4 nitrogen and oxygen atoms in total. The number of amides is 1. The Kier molecular flexibility index (Phi) is 5.85. The smallest absolute Gasteiger partial charge is 0.227 e. The van der Waals surface area contributed by atoms with Gasteiger partial charge in [0.15, 0.2) is 0 Å². The van der Waals surface area contributed by atoms with Gasteiger partial charge in [-0.25, -0.2) is 4.39 Å². The maximum Gasteiger partial charge on any atom is 0.227 e. The van der Waals surface area contributed by atoms with Crippen LogP contribution in [0.5, 0.6) is 0 Å². The molecule has 32 heavy (non-hydrogen) atoms. The molecule has 2 aliphatic heterocycles. The molecule has 3 aliphatic rings. The Morgan fingerprint density at radius 3 is 2.47 bits per heavy atom. The highest BCUT2D eigenvalue weighted by molar-refractivity contribution is 5.87. The molecule has 3 fully saturated rings. The first kappa shape index (κ1) is 21.3. The van der Waals surface area contributed by atoms with Crippen molar-refractivity contribution in [2.24, 2.45) is 11.3 Å². The summed E-state index contributed by atoms with van der Waals surface area (Å²) in [4.78, 5) is 27.8. The van der Waals surface area contributed by atoms with Gasteiger partial charge in [0.2, 0.25) is 5.91 Å². The Bertz CT molecular complexity index is 967. The lowest BCUT2D eigenvalue weighted by molar-refractivity contribution is -0.130. The van der Waals surface area contributed by atoms with Crippen LogP contribution in [0.25, 0.3) is 0 Å². The summed E-state index contributed by atoms with van der Waals surface area (Å²) in [5.41, 5.74) is 1.94. The Balaban J connectivity index is 1.10. The van der Waals surface area contributed by atoms with E-state index in [0.717, 1.165) is 50.9 Å². The third-order valence-electron chi connectivity index (χ3n) is 7.94. The first-order valence-corrected chi connectivity index (χ1v) is 11.9. The molecule has 0 bridgehead atoms. The van der Waals surface area contributed by atoms with Crippen LogP contribution in [0, 0.1) is 17.2 Å². The Labute approximate surface area is 189 Å². The van der Waals surface area contributed by atoms with Gasteiger partial charge in [-0.2, -0.15) is 0 Å². The van der Waals surface area contributed by atoms with Gasteiger partial charge in [-0.1, -0.05) is 42.5 Å². The molecule has 5 heteroatoms. The van der Waals surface area contributed by atoms with E-state index in [1.54, 1.807) is 0 Å². The van der Waals surface area contributed by atoms with Crippen LogP contribution in [0.2, 0.25) is 0 Å². The first-order valence-electron chi connectivity index (χ1n) is 11.9. The predicted molar refractivity (Wildman–Crippen MR) is 122 cm³/mol. The molecule has 1 N–H and O–H groups in total. The highest BCUT2D eigenvalue weighted by atomic mass is 19.1. The SMILES string of the molecule is O=C(CCCN1CCC2(CC1)C(=O)NC[C@@H]2c1ccc(F)cc1)C1C[C@H]1c1ccccc1. The molecular formula is C27H31FN2O2. The number of likely N-dealkylation sites (tertiary alicyclic amines) is 1. The van der Waals surface area contributed by atoms with Crippen LogP contribution < -0.4 is 5.32 Å². The minimum absolute atomic E-state index is 0.101. The lowest BCUT2D eigenvalue weighted by Gasteiger charge is -2.41. The zero-order valence-corrected chi connectivity index (χ0v) is 18.4. The zero-order chi connectivity index (χ0) is 22.1. The third kappa shape index (κ3) is 4.11. The Morgan fingerprint density at radius 1 is 1.03 bits per heavy atom. The second-order valence-electron chi connectivity index (χ2n) is 9.74. The maximum atomic E-state index is 13.4. The van der Waals surface area contributed by atoms with Crippen molar-refractivity contribution in [3.63, 3.8) is 0 Å². The van der Waals surface area contributed by atoms with Gasteiger partial charge < -0.3 is 10.2 Å². The van der Waals surface area contributed by atoms with E-state index in [9.17, 15) is 14.0 Å². The number of nitrogens with one attached hydrogen (secondary N) is 1. The lowest BCUT2D eigenvalue weighted by Crippen LogP contribution is -2.46. The van der Waals surface area contributed by atoms with Crippen molar-refractivity contribution >= 4 is 11.7 Å². The monoisotopic (exact) mass is 434 g/mol. The summed E-state index contributed by atoms with van der Waals surface area (Å²) in [7, 11) is 0. The summed E-state index contributed by atoms with van der Waals surface area (Å²) in [6.07, 6.45) is 4.15. The number of hydrogen-bond acceptors (Lipinski definition) is 3. The molecule has 2 aromatic rings. The number of benzene rings is 2. The van der Waals surface area contributed by atoms with Crippen LogP contribution in [0.15, 0.2) is 54.6 Å². The number of Topliss-reactive ketones (excluding diaryl/α,β-unsaturated/α-hetero) is 1. The molecule has 1 saturated carbocycles. The van der Waals surface area contributed by atoms with Gasteiger partial charge in [0.1, 0.15) is 11.6 Å². The largest absolute Gasteiger partial charge is 0.355 e. The summed E-state index contributed by atoms with van der Waals surface area (Å²) in [5, 5.41) is 3.06. The Hall–Kier alpha value is -2.53. The fourth-order valence-corrected chi connectivity index (χ4v) is 5.89. The number of hydrogen-bond donors (Lipinski definition) is 1. The van der Waals surface area contributed by atoms with Gasteiger partial charge in [0.05, 0.1) is 5.41 Å². The van der Waals surface area contributed by atoms with E-state index in [1.807, 2.05) is 30.3 Å². The van der Waals surface area contributed by atoms with Crippen LogP contribution >= 0.6 is 0 Å². The van der Waals surface area contributed by atoms with E-state index in [1.165, 1.54) is 17.7 Å². The second-order valence-corrected chi connectivity index (χ2v) is 9.74. The molecule has 1 unspecified atom stereocenters. The van der Waals surface area contributed by atoms with Gasteiger partial charge in [0, 0.05) is 24.8 Å². The molecule has 5 rings (SSSR count). The lowest BCUT2D eigenvalue weighted by atomic mass is 9.68. The summed E-state index contributed by atoms with van der Waals surface area (Å²) >= 11 is 0. The number of carbonyl (C=O) groups is 2. The number of piperidine rings is 1. The third-order valence-corrected chi connectivity index (χ3v) is 7.94. The number of nitrogens with zero attached hydrogens (tertiary/aromatic N) is 1. The molecule has 0 aromatic heterocycles. The zero-order valence-electron chi connectivity index (χ0n) is 18.4. The van der Waals surface area contributed by atoms with Crippen LogP contribution in [0.3, 0.4) is 0 Å². The molecule has 0 radical (unpaired) electrons. The van der Waals surface area contributed by atoms with Gasteiger partial charge in [-0.05, 0) is 74.5 Å². The van der Waals surface area contributed by atoms with Crippen molar-refractivity contribution in [2.75, 3.05) is 26.2 Å². The van der Waals surface area contributed by atoms with E-state index in [0.29, 0.717) is 24.7 Å². The molecule has 2 heterocycles. The summed E-state index contributed by atoms with van der Waals surface area (Å²) in [5.74, 6) is 1.03. The molecule has 1 amide bonds. The van der Waals surface area contributed by atoms with Crippen LogP contribution in [-0.4, -0.2) is 42.8 Å². The van der Waals surface area contributed by atoms with Crippen LogP contribution in [0.1, 0.15) is 55.1 Å². The van der Waals surface area contributed by atoms with Crippen LogP contribution in [-0.2, 0) is 9.59 Å². The van der Waals surface area contributed by atoms with Crippen molar-refractivity contribution in [1.82, 2.24) is 10.2 Å². The molecule has 168 valence electrons. The summed E-state index contributed by atoms with van der Waals surface area (Å²) < 4.78 is 13.4. The number of carbonyl (C=O) groups excluding carboxylic acids is 2. The highest BCUT2D eigenvalue weighted by Crippen LogP contribution is 2.49. The van der Waals surface area contributed by atoms with Gasteiger partial charge in [0.25, 0.3) is 0 Å². The second kappa shape index (κ2) is 8.78. The van der Waals surface area contributed by atoms with Crippen molar-refractivity contribution in [1.29, 1.82) is 0 Å².